The van der Waals surface area contributed by atoms with Crippen LogP contribution in [-0.2, 0) is 11.3 Å². The number of nitrogens with zero attached hydrogens (tertiary/aromatic N) is 5. The smallest absolute Gasteiger partial charge is 0.191 e. The van der Waals surface area contributed by atoms with Crippen LogP contribution in [0, 0.1) is 6.92 Å². The van der Waals surface area contributed by atoms with Gasteiger partial charge in [0.25, 0.3) is 0 Å². The first-order chi connectivity index (χ1) is 13.1. The van der Waals surface area contributed by atoms with E-state index < -0.39 is 0 Å². The van der Waals surface area contributed by atoms with Crippen molar-refractivity contribution in [3.8, 4) is 5.82 Å². The summed E-state index contributed by atoms with van der Waals surface area (Å²) in [6.45, 7) is 6.23. The minimum absolute atomic E-state index is 0.666. The number of rotatable bonds is 10. The highest BCUT2D eigenvalue weighted by Gasteiger charge is 2.04. The Hall–Kier alpha value is -2.45. The summed E-state index contributed by atoms with van der Waals surface area (Å²) in [4.78, 5) is 15.3. The third-order valence-corrected chi connectivity index (χ3v) is 4.24. The van der Waals surface area contributed by atoms with Crippen LogP contribution in [0.2, 0.25) is 0 Å². The van der Waals surface area contributed by atoms with E-state index in [-0.39, 0.29) is 0 Å². The van der Waals surface area contributed by atoms with Crippen LogP contribution in [0.4, 0.5) is 0 Å². The second-order valence-electron chi connectivity index (χ2n) is 6.37. The van der Waals surface area contributed by atoms with Gasteiger partial charge in [-0.2, -0.15) is 0 Å². The van der Waals surface area contributed by atoms with Gasteiger partial charge in [0.15, 0.2) is 5.96 Å². The normalized spacial score (nSPS) is 11.8. The maximum Gasteiger partial charge on any atom is 0.191 e. The number of likely N-dealkylation sites (N-methyl/N-ethyl adjacent to an activating group) is 1. The lowest BCUT2D eigenvalue weighted by Crippen LogP contribution is -2.40. The summed E-state index contributed by atoms with van der Waals surface area (Å²) in [5.74, 6) is 2.58. The molecule has 0 radical (unpaired) electrons. The summed E-state index contributed by atoms with van der Waals surface area (Å²) >= 11 is 0. The van der Waals surface area contributed by atoms with Crippen molar-refractivity contribution in [1.82, 2.24) is 30.1 Å². The predicted octanol–water partition coefficient (Wildman–Crippen LogP) is 1.21. The van der Waals surface area contributed by atoms with Crippen molar-refractivity contribution in [1.29, 1.82) is 0 Å². The summed E-state index contributed by atoms with van der Waals surface area (Å²) in [5.41, 5.74) is 1.09. The third kappa shape index (κ3) is 6.99. The van der Waals surface area contributed by atoms with E-state index in [1.54, 1.807) is 20.4 Å². The van der Waals surface area contributed by atoms with E-state index in [0.717, 1.165) is 55.8 Å². The Morgan fingerprint density at radius 1 is 1.26 bits per heavy atom. The first kappa shape index (κ1) is 20.9. The SMILES string of the molecule is CN=C(NCCN(C)CCCOC)NCc1ccc(-n2ccnc2C)nc1. The van der Waals surface area contributed by atoms with E-state index in [2.05, 4.69) is 43.6 Å². The van der Waals surface area contributed by atoms with Crippen LogP contribution in [0.1, 0.15) is 17.8 Å². The first-order valence-corrected chi connectivity index (χ1v) is 9.21. The number of guanidine groups is 1. The van der Waals surface area contributed by atoms with E-state index in [0.29, 0.717) is 6.54 Å². The van der Waals surface area contributed by atoms with Gasteiger partial charge >= 0.3 is 0 Å². The number of imidazole rings is 1. The van der Waals surface area contributed by atoms with Crippen LogP contribution in [0.15, 0.2) is 35.7 Å². The number of ether oxygens (including phenoxy) is 1. The average Bonchev–Trinajstić information content (AvgIpc) is 3.11. The molecular weight excluding hydrogens is 342 g/mol. The Morgan fingerprint density at radius 3 is 2.74 bits per heavy atom. The maximum atomic E-state index is 5.08. The largest absolute Gasteiger partial charge is 0.385 e. The minimum Gasteiger partial charge on any atom is -0.385 e. The predicted molar refractivity (Wildman–Crippen MR) is 108 cm³/mol. The highest BCUT2D eigenvalue weighted by Crippen LogP contribution is 2.08. The van der Waals surface area contributed by atoms with E-state index in [1.165, 1.54) is 0 Å². The molecule has 0 fully saturated rings. The van der Waals surface area contributed by atoms with Gasteiger partial charge in [-0.1, -0.05) is 6.07 Å². The monoisotopic (exact) mass is 373 g/mol. The summed E-state index contributed by atoms with van der Waals surface area (Å²) in [6, 6.07) is 4.06. The van der Waals surface area contributed by atoms with E-state index in [1.807, 2.05) is 30.0 Å². The molecule has 0 spiro atoms. The third-order valence-electron chi connectivity index (χ3n) is 4.24. The lowest BCUT2D eigenvalue weighted by molar-refractivity contribution is 0.180. The molecule has 2 rings (SSSR count). The van der Waals surface area contributed by atoms with Crippen molar-refractivity contribution in [2.24, 2.45) is 4.99 Å². The lowest BCUT2D eigenvalue weighted by atomic mass is 10.3. The molecule has 27 heavy (non-hydrogen) atoms. The number of aromatic nitrogens is 3. The molecule has 0 unspecified atom stereocenters. The molecule has 0 aliphatic rings. The van der Waals surface area contributed by atoms with Gasteiger partial charge in [0.2, 0.25) is 0 Å². The Morgan fingerprint density at radius 2 is 2.11 bits per heavy atom. The van der Waals surface area contributed by atoms with Gasteiger partial charge in [-0.25, -0.2) is 9.97 Å². The molecule has 2 aromatic heterocycles. The Kier molecular flexibility index (Phi) is 8.73. The van der Waals surface area contributed by atoms with Gasteiger partial charge in [0, 0.05) is 65.5 Å². The fourth-order valence-electron chi connectivity index (χ4n) is 2.65. The first-order valence-electron chi connectivity index (χ1n) is 9.21. The average molecular weight is 374 g/mol. The zero-order chi connectivity index (χ0) is 19.5. The molecule has 0 atom stereocenters. The lowest BCUT2D eigenvalue weighted by Gasteiger charge is -2.18. The van der Waals surface area contributed by atoms with Crippen LogP contribution in [0.25, 0.3) is 5.82 Å². The Balaban J connectivity index is 1.73. The van der Waals surface area contributed by atoms with Crippen LogP contribution >= 0.6 is 0 Å². The molecule has 0 saturated carbocycles. The molecule has 2 heterocycles. The van der Waals surface area contributed by atoms with Gasteiger partial charge in [0.1, 0.15) is 11.6 Å². The van der Waals surface area contributed by atoms with Crippen LogP contribution in [0.3, 0.4) is 0 Å². The van der Waals surface area contributed by atoms with Gasteiger partial charge in [-0.3, -0.25) is 9.56 Å². The van der Waals surface area contributed by atoms with Crippen molar-refractivity contribution in [3.05, 3.63) is 42.1 Å². The molecule has 2 N–H and O–H groups in total. The molecule has 8 heteroatoms. The molecule has 0 aromatic carbocycles. The molecular formula is C19H31N7O. The number of nitrogens with one attached hydrogen (secondary N) is 2. The van der Waals surface area contributed by atoms with Crippen molar-refractivity contribution >= 4 is 5.96 Å². The van der Waals surface area contributed by atoms with Gasteiger partial charge in [-0.05, 0) is 32.0 Å². The van der Waals surface area contributed by atoms with Gasteiger partial charge in [-0.15, -0.1) is 0 Å². The van der Waals surface area contributed by atoms with Crippen LogP contribution in [-0.4, -0.2) is 72.8 Å². The van der Waals surface area contributed by atoms with Gasteiger partial charge in [0.05, 0.1) is 0 Å². The van der Waals surface area contributed by atoms with Crippen molar-refractivity contribution in [3.63, 3.8) is 0 Å². The molecule has 2 aromatic rings. The van der Waals surface area contributed by atoms with Crippen LogP contribution < -0.4 is 10.6 Å². The number of pyridine rings is 1. The summed E-state index contributed by atoms with van der Waals surface area (Å²) in [7, 11) is 5.63. The fraction of sp³-hybridized carbons (Fsp3) is 0.526. The Bertz CT molecular complexity index is 696. The molecule has 0 amide bonds. The zero-order valence-corrected chi connectivity index (χ0v) is 16.8. The summed E-state index contributed by atoms with van der Waals surface area (Å²) < 4.78 is 7.04. The number of aryl methyl sites for hydroxylation is 1. The van der Waals surface area contributed by atoms with Crippen molar-refractivity contribution in [2.45, 2.75) is 19.9 Å². The van der Waals surface area contributed by atoms with Crippen molar-refractivity contribution in [2.75, 3.05) is 47.4 Å². The molecule has 0 saturated heterocycles. The van der Waals surface area contributed by atoms with Crippen molar-refractivity contribution < 1.29 is 4.74 Å². The maximum absolute atomic E-state index is 5.08. The molecule has 0 bridgehead atoms. The number of hydrogen-bond acceptors (Lipinski definition) is 5. The van der Waals surface area contributed by atoms with Crippen LogP contribution in [0.5, 0.6) is 0 Å². The highest BCUT2D eigenvalue weighted by atomic mass is 16.5. The second-order valence-corrected chi connectivity index (χ2v) is 6.37. The van der Waals surface area contributed by atoms with E-state index in [9.17, 15) is 0 Å². The topological polar surface area (TPSA) is 79.6 Å². The number of methoxy groups -OCH3 is 1. The minimum atomic E-state index is 0.666. The van der Waals surface area contributed by atoms with E-state index in [4.69, 9.17) is 4.74 Å². The summed E-state index contributed by atoms with van der Waals surface area (Å²) in [6.07, 6.45) is 6.60. The fourth-order valence-corrected chi connectivity index (χ4v) is 2.65. The number of hydrogen-bond donors (Lipinski definition) is 2. The molecule has 8 nitrogen and oxygen atoms in total. The highest BCUT2D eigenvalue weighted by molar-refractivity contribution is 5.79. The summed E-state index contributed by atoms with van der Waals surface area (Å²) in [5, 5.41) is 6.65. The molecule has 0 aliphatic carbocycles. The molecule has 148 valence electrons. The quantitative estimate of drug-likeness (QED) is 0.370. The van der Waals surface area contributed by atoms with Gasteiger partial charge < -0.3 is 20.3 Å². The van der Waals surface area contributed by atoms with E-state index >= 15 is 0 Å². The second kappa shape index (κ2) is 11.3. The molecule has 0 aliphatic heterocycles. The standard InChI is InChI=1S/C19H31N7O/c1-16-21-9-12-26(16)18-7-6-17(14-23-18)15-24-19(20-2)22-8-11-25(3)10-5-13-27-4/h6-7,9,12,14H,5,8,10-11,13,15H2,1-4H3,(H2,20,22,24). The zero-order valence-electron chi connectivity index (χ0n) is 16.8. The Labute approximate surface area is 161 Å². The number of aliphatic imine (C=N–C) groups is 1.